The van der Waals surface area contributed by atoms with Crippen LogP contribution in [0.5, 0.6) is 0 Å². The van der Waals surface area contributed by atoms with Crippen LogP contribution in [0.3, 0.4) is 0 Å². The number of primary amides is 1. The molecule has 2 rings (SSSR count). The minimum atomic E-state index is -0.577. The predicted octanol–water partition coefficient (Wildman–Crippen LogP) is 0.786. The lowest BCUT2D eigenvalue weighted by Crippen LogP contribution is -2.44. The molecule has 114 valence electrons. The maximum absolute atomic E-state index is 12.2. The normalized spacial score (nSPS) is 17.2. The van der Waals surface area contributed by atoms with Crippen LogP contribution in [0.15, 0.2) is 18.2 Å². The van der Waals surface area contributed by atoms with Gasteiger partial charge in [0.05, 0.1) is 6.04 Å². The highest BCUT2D eigenvalue weighted by Gasteiger charge is 2.26. The summed E-state index contributed by atoms with van der Waals surface area (Å²) in [5.74, 6) is -0.640. The summed E-state index contributed by atoms with van der Waals surface area (Å²) in [6.45, 7) is 3.07. The lowest BCUT2D eigenvalue weighted by atomic mass is 9.92. The molecule has 2 amide bonds. The van der Waals surface area contributed by atoms with Crippen LogP contribution < -0.4 is 16.8 Å². The van der Waals surface area contributed by atoms with Gasteiger partial charge < -0.3 is 21.5 Å². The van der Waals surface area contributed by atoms with Gasteiger partial charge in [-0.1, -0.05) is 6.07 Å². The number of carbonyl (C=O) groups is 2. The van der Waals surface area contributed by atoms with E-state index < -0.39 is 11.9 Å². The molecule has 1 atom stereocenters. The highest BCUT2D eigenvalue weighted by molar-refractivity contribution is 5.98. The number of anilines is 1. The van der Waals surface area contributed by atoms with Crippen LogP contribution >= 0.6 is 0 Å². The Balaban J connectivity index is 2.05. The van der Waals surface area contributed by atoms with Gasteiger partial charge in [-0.2, -0.15) is 0 Å². The van der Waals surface area contributed by atoms with Gasteiger partial charge in [0, 0.05) is 24.5 Å². The number of carbonyl (C=O) groups excluding carboxylic acids is 2. The van der Waals surface area contributed by atoms with E-state index in [9.17, 15) is 9.59 Å². The second-order valence-corrected chi connectivity index (χ2v) is 5.36. The fraction of sp³-hybridized carbons (Fsp3) is 0.467. The average molecular weight is 291 g/mol. The first-order valence-corrected chi connectivity index (χ1v) is 7.03. The molecule has 1 saturated heterocycles. The summed E-state index contributed by atoms with van der Waals surface area (Å²) in [7, 11) is 0. The van der Waals surface area contributed by atoms with Crippen LogP contribution in [0.25, 0.3) is 0 Å². The second kappa shape index (κ2) is 6.69. The molecule has 1 aromatic carbocycles. The predicted molar refractivity (Wildman–Crippen MR) is 79.8 cm³/mol. The van der Waals surface area contributed by atoms with Crippen molar-refractivity contribution in [3.05, 3.63) is 29.3 Å². The van der Waals surface area contributed by atoms with Gasteiger partial charge in [0.15, 0.2) is 0 Å². The monoisotopic (exact) mass is 291 g/mol. The number of nitrogens with two attached hydrogens (primary N) is 2. The molecule has 0 radical (unpaired) electrons. The summed E-state index contributed by atoms with van der Waals surface area (Å²) in [6.07, 6.45) is 1.57. The minimum Gasteiger partial charge on any atom is -0.381 e. The standard InChI is InChI=1S/C15H21N3O3/c1-9-2-3-11(8-12(9)14(17)19)18-15(20)13(16)10-4-6-21-7-5-10/h2-3,8,10,13H,4-7,16H2,1H3,(H2,17,19)(H,18,20). The molecule has 0 spiro atoms. The Morgan fingerprint density at radius 2 is 2.00 bits per heavy atom. The molecule has 6 nitrogen and oxygen atoms in total. The van der Waals surface area contributed by atoms with E-state index in [1.165, 1.54) is 0 Å². The number of amides is 2. The number of nitrogens with one attached hydrogen (secondary N) is 1. The number of hydrogen-bond donors (Lipinski definition) is 3. The van der Waals surface area contributed by atoms with Gasteiger partial charge in [-0.25, -0.2) is 0 Å². The lowest BCUT2D eigenvalue weighted by Gasteiger charge is -2.26. The van der Waals surface area contributed by atoms with Gasteiger partial charge >= 0.3 is 0 Å². The van der Waals surface area contributed by atoms with Gasteiger partial charge in [0.2, 0.25) is 11.8 Å². The van der Waals surface area contributed by atoms with Crippen molar-refractivity contribution in [3.63, 3.8) is 0 Å². The van der Waals surface area contributed by atoms with Gasteiger partial charge in [0.1, 0.15) is 0 Å². The number of benzene rings is 1. The van der Waals surface area contributed by atoms with E-state index in [4.69, 9.17) is 16.2 Å². The number of aryl methyl sites for hydroxylation is 1. The number of rotatable bonds is 4. The molecule has 0 saturated carbocycles. The van der Waals surface area contributed by atoms with Crippen molar-refractivity contribution in [2.24, 2.45) is 17.4 Å². The lowest BCUT2D eigenvalue weighted by molar-refractivity contribution is -0.119. The Bertz CT molecular complexity index is 539. The zero-order valence-electron chi connectivity index (χ0n) is 12.1. The Kier molecular flexibility index (Phi) is 4.93. The van der Waals surface area contributed by atoms with Gasteiger partial charge in [-0.15, -0.1) is 0 Å². The van der Waals surface area contributed by atoms with E-state index in [1.807, 2.05) is 0 Å². The third-order valence-corrected chi connectivity index (χ3v) is 3.85. The molecule has 6 heteroatoms. The molecule has 1 aromatic rings. The molecular weight excluding hydrogens is 270 g/mol. The van der Waals surface area contributed by atoms with Crippen molar-refractivity contribution in [1.82, 2.24) is 0 Å². The summed E-state index contributed by atoms with van der Waals surface area (Å²) >= 11 is 0. The third kappa shape index (κ3) is 3.80. The highest BCUT2D eigenvalue weighted by atomic mass is 16.5. The quantitative estimate of drug-likeness (QED) is 0.762. The Morgan fingerprint density at radius 3 is 2.62 bits per heavy atom. The summed E-state index contributed by atoms with van der Waals surface area (Å²) in [5.41, 5.74) is 13.0. The first-order chi connectivity index (χ1) is 9.99. The molecule has 1 heterocycles. The van der Waals surface area contributed by atoms with Crippen molar-refractivity contribution < 1.29 is 14.3 Å². The number of ether oxygens (including phenoxy) is 1. The Hall–Kier alpha value is -1.92. The van der Waals surface area contributed by atoms with E-state index >= 15 is 0 Å². The molecule has 1 aliphatic heterocycles. The van der Waals surface area contributed by atoms with Crippen LogP contribution in [-0.4, -0.2) is 31.1 Å². The first-order valence-electron chi connectivity index (χ1n) is 7.03. The highest BCUT2D eigenvalue weighted by Crippen LogP contribution is 2.20. The van der Waals surface area contributed by atoms with Crippen LogP contribution in [-0.2, 0) is 9.53 Å². The topological polar surface area (TPSA) is 107 Å². The number of hydrogen-bond acceptors (Lipinski definition) is 4. The maximum atomic E-state index is 12.2. The molecule has 0 aromatic heterocycles. The third-order valence-electron chi connectivity index (χ3n) is 3.85. The van der Waals surface area contributed by atoms with Gasteiger partial charge in [-0.3, -0.25) is 9.59 Å². The summed E-state index contributed by atoms with van der Waals surface area (Å²) < 4.78 is 5.26. The SMILES string of the molecule is Cc1ccc(NC(=O)C(N)C2CCOCC2)cc1C(N)=O. The minimum absolute atomic E-state index is 0.125. The van der Waals surface area contributed by atoms with E-state index in [1.54, 1.807) is 25.1 Å². The molecule has 0 bridgehead atoms. The second-order valence-electron chi connectivity index (χ2n) is 5.36. The molecule has 0 aliphatic carbocycles. The van der Waals surface area contributed by atoms with Crippen LogP contribution in [0.4, 0.5) is 5.69 Å². The fourth-order valence-corrected chi connectivity index (χ4v) is 2.48. The molecule has 1 aliphatic rings. The van der Waals surface area contributed by atoms with E-state index in [2.05, 4.69) is 5.32 Å². The van der Waals surface area contributed by atoms with Crippen molar-refractivity contribution in [1.29, 1.82) is 0 Å². The van der Waals surface area contributed by atoms with Gasteiger partial charge in [-0.05, 0) is 43.4 Å². The van der Waals surface area contributed by atoms with Crippen LogP contribution in [0.1, 0.15) is 28.8 Å². The zero-order chi connectivity index (χ0) is 15.4. The van der Waals surface area contributed by atoms with E-state index in [0.717, 1.165) is 18.4 Å². The van der Waals surface area contributed by atoms with E-state index in [-0.39, 0.29) is 11.8 Å². The first kappa shape index (κ1) is 15.5. The molecule has 5 N–H and O–H groups in total. The maximum Gasteiger partial charge on any atom is 0.249 e. The molecule has 1 unspecified atom stereocenters. The van der Waals surface area contributed by atoms with Crippen molar-refractivity contribution >= 4 is 17.5 Å². The Morgan fingerprint density at radius 1 is 1.33 bits per heavy atom. The van der Waals surface area contributed by atoms with Gasteiger partial charge in [0.25, 0.3) is 0 Å². The average Bonchev–Trinajstić information content (AvgIpc) is 2.49. The fourth-order valence-electron chi connectivity index (χ4n) is 2.48. The Labute approximate surface area is 123 Å². The van der Waals surface area contributed by atoms with Crippen LogP contribution in [0, 0.1) is 12.8 Å². The van der Waals surface area contributed by atoms with Crippen molar-refractivity contribution in [3.8, 4) is 0 Å². The zero-order valence-corrected chi connectivity index (χ0v) is 12.1. The smallest absolute Gasteiger partial charge is 0.249 e. The summed E-state index contributed by atoms with van der Waals surface area (Å²) in [6, 6.07) is 4.48. The largest absolute Gasteiger partial charge is 0.381 e. The summed E-state index contributed by atoms with van der Waals surface area (Å²) in [5, 5.41) is 2.75. The molecule has 21 heavy (non-hydrogen) atoms. The summed E-state index contributed by atoms with van der Waals surface area (Å²) in [4.78, 5) is 23.5. The van der Waals surface area contributed by atoms with Crippen molar-refractivity contribution in [2.45, 2.75) is 25.8 Å². The van der Waals surface area contributed by atoms with Crippen molar-refractivity contribution in [2.75, 3.05) is 18.5 Å². The van der Waals surface area contributed by atoms with Crippen LogP contribution in [0.2, 0.25) is 0 Å². The molecular formula is C15H21N3O3. The van der Waals surface area contributed by atoms with E-state index in [0.29, 0.717) is 24.5 Å². The molecule has 1 fully saturated rings.